The topological polar surface area (TPSA) is 18.5 Å². The largest absolute Gasteiger partial charge is 0.490 e. The van der Waals surface area contributed by atoms with Gasteiger partial charge in [0, 0.05) is 11.8 Å². The predicted molar refractivity (Wildman–Crippen MR) is 90.1 cm³/mol. The summed E-state index contributed by atoms with van der Waals surface area (Å²) < 4.78 is 12.7. The second kappa shape index (κ2) is 5.13. The summed E-state index contributed by atoms with van der Waals surface area (Å²) in [6, 6.07) is 8.78. The normalized spacial score (nSPS) is 27.4. The second-order valence-electron chi connectivity index (χ2n) is 8.51. The third kappa shape index (κ3) is 3.08. The molecule has 1 aromatic rings. The van der Waals surface area contributed by atoms with Gasteiger partial charge in [0.15, 0.2) is 0 Å². The van der Waals surface area contributed by atoms with E-state index in [4.69, 9.17) is 9.47 Å². The van der Waals surface area contributed by atoms with Crippen molar-refractivity contribution in [3.63, 3.8) is 0 Å². The lowest BCUT2D eigenvalue weighted by Crippen LogP contribution is -2.37. The van der Waals surface area contributed by atoms with Gasteiger partial charge in [0.05, 0.1) is 5.60 Å². The van der Waals surface area contributed by atoms with Gasteiger partial charge in [0.25, 0.3) is 0 Å². The first kappa shape index (κ1) is 15.6. The minimum atomic E-state index is -0.200. The lowest BCUT2D eigenvalue weighted by atomic mass is 9.88. The Morgan fingerprint density at radius 3 is 2.14 bits per heavy atom. The van der Waals surface area contributed by atoms with Gasteiger partial charge in [-0.1, -0.05) is 24.3 Å². The molecule has 0 amide bonds. The van der Waals surface area contributed by atoms with Gasteiger partial charge in [-0.05, 0) is 65.2 Å². The van der Waals surface area contributed by atoms with Gasteiger partial charge >= 0.3 is 0 Å². The van der Waals surface area contributed by atoms with Gasteiger partial charge in [-0.15, -0.1) is 0 Å². The Kier molecular flexibility index (Phi) is 3.64. The average Bonchev–Trinajstić information content (AvgIpc) is 2.67. The fraction of sp³-hybridized carbons (Fsp3) is 0.600. The molecule has 2 aliphatic carbocycles. The summed E-state index contributed by atoms with van der Waals surface area (Å²) in [6.07, 6.45) is 3.44. The van der Waals surface area contributed by atoms with Gasteiger partial charge in [-0.3, -0.25) is 0 Å². The van der Waals surface area contributed by atoms with E-state index in [0.717, 1.165) is 12.2 Å². The van der Waals surface area contributed by atoms with Crippen LogP contribution in [0.15, 0.2) is 36.1 Å². The third-order valence-electron chi connectivity index (χ3n) is 4.22. The number of benzene rings is 1. The molecule has 120 valence electrons. The fourth-order valence-corrected chi connectivity index (χ4v) is 3.62. The number of rotatable bonds is 2. The number of ether oxygens (including phenoxy) is 2. The molecule has 1 aromatic carbocycles. The van der Waals surface area contributed by atoms with Crippen LogP contribution in [0.25, 0.3) is 0 Å². The molecule has 2 bridgehead atoms. The summed E-state index contributed by atoms with van der Waals surface area (Å²) in [5.74, 6) is 1.89. The molecule has 0 spiro atoms. The number of hydrogen-bond donors (Lipinski definition) is 0. The zero-order valence-electron chi connectivity index (χ0n) is 14.6. The maximum atomic E-state index is 6.43. The van der Waals surface area contributed by atoms with Gasteiger partial charge in [-0.25, -0.2) is 0 Å². The molecule has 0 saturated carbocycles. The van der Waals surface area contributed by atoms with E-state index in [0.29, 0.717) is 11.8 Å². The van der Waals surface area contributed by atoms with Crippen LogP contribution in [-0.2, 0) is 9.47 Å². The Hall–Kier alpha value is -1.28. The summed E-state index contributed by atoms with van der Waals surface area (Å²) in [6.45, 7) is 12.7. The van der Waals surface area contributed by atoms with E-state index in [2.05, 4.69) is 71.9 Å². The molecule has 0 radical (unpaired) electrons. The predicted octanol–water partition coefficient (Wildman–Crippen LogP) is 5.15. The Morgan fingerprint density at radius 1 is 0.909 bits per heavy atom. The van der Waals surface area contributed by atoms with Crippen molar-refractivity contribution in [1.82, 2.24) is 0 Å². The summed E-state index contributed by atoms with van der Waals surface area (Å²) in [5.41, 5.74) is 2.50. The smallest absolute Gasteiger partial charge is 0.123 e. The zero-order valence-corrected chi connectivity index (χ0v) is 14.6. The summed E-state index contributed by atoms with van der Waals surface area (Å²) in [4.78, 5) is 0. The monoisotopic (exact) mass is 300 g/mol. The van der Waals surface area contributed by atoms with E-state index in [1.165, 1.54) is 11.1 Å². The van der Waals surface area contributed by atoms with E-state index < -0.39 is 0 Å². The SMILES string of the molecule is CC(C)(C)OC1=C[C@H]2C[C@H](c3ccccc32)[C@H]1OC(C)(C)C. The number of fused-ring (bicyclic) bond motifs is 5. The fourth-order valence-electron chi connectivity index (χ4n) is 3.62. The van der Waals surface area contributed by atoms with Crippen molar-refractivity contribution in [2.45, 2.75) is 77.1 Å². The maximum Gasteiger partial charge on any atom is 0.123 e. The van der Waals surface area contributed by atoms with Crippen LogP contribution >= 0.6 is 0 Å². The Balaban J connectivity index is 1.99. The highest BCUT2D eigenvalue weighted by atomic mass is 16.6. The third-order valence-corrected chi connectivity index (χ3v) is 4.22. The molecule has 2 heteroatoms. The molecular formula is C20H28O2. The molecule has 2 nitrogen and oxygen atoms in total. The first-order valence-corrected chi connectivity index (χ1v) is 8.31. The highest BCUT2D eigenvalue weighted by molar-refractivity contribution is 5.46. The quantitative estimate of drug-likeness (QED) is 0.751. The zero-order chi connectivity index (χ0) is 16.1. The molecule has 0 N–H and O–H groups in total. The molecule has 3 rings (SSSR count). The molecule has 0 heterocycles. The number of hydrogen-bond acceptors (Lipinski definition) is 2. The van der Waals surface area contributed by atoms with E-state index in [9.17, 15) is 0 Å². The van der Waals surface area contributed by atoms with Crippen LogP contribution in [-0.4, -0.2) is 17.3 Å². The van der Waals surface area contributed by atoms with Crippen molar-refractivity contribution in [3.05, 3.63) is 47.2 Å². The maximum absolute atomic E-state index is 6.43. The van der Waals surface area contributed by atoms with Crippen LogP contribution in [0.2, 0.25) is 0 Å². The molecule has 2 aliphatic rings. The van der Waals surface area contributed by atoms with Gasteiger partial charge < -0.3 is 9.47 Å². The second-order valence-corrected chi connectivity index (χ2v) is 8.51. The minimum absolute atomic E-state index is 0.0131. The number of allylic oxidation sites excluding steroid dienone is 1. The van der Waals surface area contributed by atoms with Crippen molar-refractivity contribution in [2.75, 3.05) is 0 Å². The van der Waals surface area contributed by atoms with Crippen molar-refractivity contribution >= 4 is 0 Å². The van der Waals surface area contributed by atoms with Crippen molar-refractivity contribution in [1.29, 1.82) is 0 Å². The highest BCUT2D eigenvalue weighted by Crippen LogP contribution is 2.51. The van der Waals surface area contributed by atoms with Crippen molar-refractivity contribution < 1.29 is 9.47 Å². The van der Waals surface area contributed by atoms with E-state index >= 15 is 0 Å². The summed E-state index contributed by atoms with van der Waals surface area (Å²) in [7, 11) is 0. The Labute approximate surface area is 134 Å². The van der Waals surface area contributed by atoms with E-state index in [1.807, 2.05) is 0 Å². The van der Waals surface area contributed by atoms with Gasteiger partial charge in [0.2, 0.25) is 0 Å². The minimum Gasteiger partial charge on any atom is -0.490 e. The van der Waals surface area contributed by atoms with Crippen LogP contribution in [0.3, 0.4) is 0 Å². The molecule has 0 unspecified atom stereocenters. The van der Waals surface area contributed by atoms with Crippen molar-refractivity contribution in [2.24, 2.45) is 0 Å². The molecule has 22 heavy (non-hydrogen) atoms. The van der Waals surface area contributed by atoms with Crippen LogP contribution < -0.4 is 0 Å². The average molecular weight is 300 g/mol. The van der Waals surface area contributed by atoms with Gasteiger partial charge in [-0.2, -0.15) is 0 Å². The van der Waals surface area contributed by atoms with Crippen LogP contribution in [0, 0.1) is 0 Å². The standard InChI is InChI=1S/C20H28O2/c1-19(2,3)21-17-12-13-11-16(18(17)22-20(4,5)6)15-10-8-7-9-14(13)15/h7-10,12-13,16,18H,11H2,1-6H3/t13-,16-,18-/m1/s1. The first-order chi connectivity index (χ1) is 10.1. The van der Waals surface area contributed by atoms with Crippen LogP contribution in [0.1, 0.15) is 70.9 Å². The Bertz CT molecular complexity index is 586. The molecule has 0 fully saturated rings. The van der Waals surface area contributed by atoms with Crippen LogP contribution in [0.5, 0.6) is 0 Å². The molecular weight excluding hydrogens is 272 g/mol. The molecule has 0 aromatic heterocycles. The van der Waals surface area contributed by atoms with Crippen molar-refractivity contribution in [3.8, 4) is 0 Å². The summed E-state index contributed by atoms with van der Waals surface area (Å²) in [5, 5.41) is 0. The van der Waals surface area contributed by atoms with Gasteiger partial charge in [0.1, 0.15) is 17.5 Å². The Morgan fingerprint density at radius 2 is 1.55 bits per heavy atom. The first-order valence-electron chi connectivity index (χ1n) is 8.31. The summed E-state index contributed by atoms with van der Waals surface area (Å²) >= 11 is 0. The molecule has 3 atom stereocenters. The molecule has 0 aliphatic heterocycles. The van der Waals surface area contributed by atoms with E-state index in [-0.39, 0.29) is 17.3 Å². The lowest BCUT2D eigenvalue weighted by molar-refractivity contribution is -0.0957. The van der Waals surface area contributed by atoms with Crippen LogP contribution in [0.4, 0.5) is 0 Å². The highest BCUT2D eigenvalue weighted by Gasteiger charge is 2.44. The van der Waals surface area contributed by atoms with E-state index in [1.54, 1.807) is 0 Å². The molecule has 0 saturated heterocycles. The lowest BCUT2D eigenvalue weighted by Gasteiger charge is -2.38.